The van der Waals surface area contributed by atoms with Crippen LogP contribution in [0.4, 0.5) is 0 Å². The fourth-order valence-corrected chi connectivity index (χ4v) is 2.53. The molecule has 0 fully saturated rings. The Balaban J connectivity index is 2.15. The summed E-state index contributed by atoms with van der Waals surface area (Å²) in [5, 5.41) is 13.7. The van der Waals surface area contributed by atoms with Gasteiger partial charge in [0.05, 0.1) is 26.0 Å². The van der Waals surface area contributed by atoms with Crippen molar-refractivity contribution in [1.29, 1.82) is 5.26 Å². The lowest BCUT2D eigenvalue weighted by Gasteiger charge is -2.13. The summed E-state index contributed by atoms with van der Waals surface area (Å²) < 4.78 is 15.6. The number of nitrogens with one attached hydrogen (secondary N) is 1. The summed E-state index contributed by atoms with van der Waals surface area (Å²) in [4.78, 5) is 12.3. The van der Waals surface area contributed by atoms with E-state index in [-0.39, 0.29) is 0 Å². The Labute approximate surface area is 162 Å². The Morgan fingerprint density at radius 2 is 1.93 bits per heavy atom. The van der Waals surface area contributed by atoms with E-state index in [0.29, 0.717) is 33.2 Å². The number of hydrogen-bond donors (Lipinski definition) is 1. The van der Waals surface area contributed by atoms with E-state index in [1.54, 1.807) is 36.4 Å². The van der Waals surface area contributed by atoms with E-state index in [9.17, 15) is 10.1 Å². The van der Waals surface area contributed by atoms with Crippen LogP contribution >= 0.6 is 11.6 Å². The molecule has 140 valence electrons. The smallest absolute Gasteiger partial charge is 0.273 e. The molecular formula is C19H18ClN3O4. The highest BCUT2D eigenvalue weighted by atomic mass is 35.5. The molecule has 0 radical (unpaired) electrons. The summed E-state index contributed by atoms with van der Waals surface area (Å²) in [5.74, 6) is 0.278. The number of hydrogen-bond acceptors (Lipinski definition) is 6. The third-order valence-electron chi connectivity index (χ3n) is 3.66. The molecule has 2 aromatic rings. The van der Waals surface area contributed by atoms with Crippen molar-refractivity contribution in [3.8, 4) is 17.6 Å². The van der Waals surface area contributed by atoms with Crippen molar-refractivity contribution < 1.29 is 19.0 Å². The fraction of sp³-hybridized carbons (Fsp3) is 0.211. The van der Waals surface area contributed by atoms with E-state index in [1.165, 1.54) is 27.5 Å². The van der Waals surface area contributed by atoms with E-state index in [0.717, 1.165) is 0 Å². The topological polar surface area (TPSA) is 92.9 Å². The number of methoxy groups -OCH3 is 3. The van der Waals surface area contributed by atoms with Crippen molar-refractivity contribution in [2.45, 2.75) is 6.10 Å². The summed E-state index contributed by atoms with van der Waals surface area (Å²) in [6.07, 6.45) is 0.564. The molecule has 27 heavy (non-hydrogen) atoms. The van der Waals surface area contributed by atoms with E-state index >= 15 is 0 Å². The number of nitrogens with zero attached hydrogens (tertiary/aromatic N) is 2. The number of rotatable bonds is 7. The second-order valence-corrected chi connectivity index (χ2v) is 5.75. The van der Waals surface area contributed by atoms with Gasteiger partial charge in [0.2, 0.25) is 0 Å². The molecular weight excluding hydrogens is 370 g/mol. The minimum Gasteiger partial charge on any atom is -0.493 e. The standard InChI is InChI=1S/C19H18ClN3O4/c1-25-16-9-12(8-14(10-21)17(16)26-2)11-22-23-19(24)18(27-3)13-4-6-15(20)7-5-13/h4-9,11,18H,1-3H3,(H,23,24)/b22-11+. The first kappa shape index (κ1) is 20.2. The maximum Gasteiger partial charge on any atom is 0.273 e. The van der Waals surface area contributed by atoms with Gasteiger partial charge in [0.25, 0.3) is 5.91 Å². The maximum atomic E-state index is 12.3. The molecule has 8 heteroatoms. The minimum absolute atomic E-state index is 0.292. The summed E-state index contributed by atoms with van der Waals surface area (Å²) in [5.41, 5.74) is 3.91. The van der Waals surface area contributed by atoms with Crippen LogP contribution in [0.5, 0.6) is 11.5 Å². The largest absolute Gasteiger partial charge is 0.493 e. The number of carbonyl (C=O) groups is 1. The zero-order valence-corrected chi connectivity index (χ0v) is 15.8. The van der Waals surface area contributed by atoms with Gasteiger partial charge in [-0.3, -0.25) is 4.79 Å². The number of carbonyl (C=O) groups excluding carboxylic acids is 1. The first-order valence-electron chi connectivity index (χ1n) is 7.81. The van der Waals surface area contributed by atoms with Crippen LogP contribution in [0.15, 0.2) is 41.5 Å². The van der Waals surface area contributed by atoms with Crippen LogP contribution in [0.25, 0.3) is 0 Å². The van der Waals surface area contributed by atoms with Gasteiger partial charge in [-0.2, -0.15) is 10.4 Å². The van der Waals surface area contributed by atoms with Crippen LogP contribution in [0.3, 0.4) is 0 Å². The van der Waals surface area contributed by atoms with Gasteiger partial charge in [0.1, 0.15) is 6.07 Å². The number of amides is 1. The zero-order valence-electron chi connectivity index (χ0n) is 15.0. The third-order valence-corrected chi connectivity index (χ3v) is 3.91. The van der Waals surface area contributed by atoms with E-state index in [1.807, 2.05) is 6.07 Å². The number of halogens is 1. The molecule has 0 heterocycles. The number of benzene rings is 2. The van der Waals surface area contributed by atoms with Crippen LogP contribution in [0.2, 0.25) is 5.02 Å². The molecule has 2 aromatic carbocycles. The molecule has 1 amide bonds. The van der Waals surface area contributed by atoms with Crippen molar-refractivity contribution in [3.63, 3.8) is 0 Å². The van der Waals surface area contributed by atoms with Gasteiger partial charge in [-0.25, -0.2) is 5.43 Å². The molecule has 2 rings (SSSR count). The Hall–Kier alpha value is -3.08. The second kappa shape index (κ2) is 9.57. The molecule has 0 aliphatic carbocycles. The Morgan fingerprint density at radius 3 is 2.48 bits per heavy atom. The highest BCUT2D eigenvalue weighted by Crippen LogP contribution is 2.31. The zero-order chi connectivity index (χ0) is 19.8. The van der Waals surface area contributed by atoms with Gasteiger partial charge in [-0.1, -0.05) is 23.7 Å². The van der Waals surface area contributed by atoms with Crippen LogP contribution in [0, 0.1) is 11.3 Å². The predicted molar refractivity (Wildman–Crippen MR) is 101 cm³/mol. The van der Waals surface area contributed by atoms with E-state index < -0.39 is 12.0 Å². The minimum atomic E-state index is -0.834. The first-order chi connectivity index (χ1) is 13.0. The molecule has 1 N–H and O–H groups in total. The average molecular weight is 388 g/mol. The van der Waals surface area contributed by atoms with E-state index in [2.05, 4.69) is 10.5 Å². The summed E-state index contributed by atoms with van der Waals surface area (Å²) in [6, 6.07) is 12.0. The van der Waals surface area contributed by atoms with Crippen LogP contribution < -0.4 is 14.9 Å². The van der Waals surface area contributed by atoms with Crippen LogP contribution in [-0.4, -0.2) is 33.5 Å². The van der Waals surface area contributed by atoms with E-state index in [4.69, 9.17) is 25.8 Å². The maximum absolute atomic E-state index is 12.3. The van der Waals surface area contributed by atoms with Crippen molar-refractivity contribution in [2.24, 2.45) is 5.10 Å². The molecule has 0 aromatic heterocycles. The molecule has 1 atom stereocenters. The quantitative estimate of drug-likeness (QED) is 0.582. The number of hydrazone groups is 1. The summed E-state index contributed by atoms with van der Waals surface area (Å²) in [6.45, 7) is 0. The fourth-order valence-electron chi connectivity index (χ4n) is 2.40. The van der Waals surface area contributed by atoms with Crippen molar-refractivity contribution in [2.75, 3.05) is 21.3 Å². The Kier molecular flexibility index (Phi) is 7.17. The molecule has 0 saturated heterocycles. The normalized spacial score (nSPS) is 11.7. The molecule has 7 nitrogen and oxygen atoms in total. The van der Waals surface area contributed by atoms with Gasteiger partial charge < -0.3 is 14.2 Å². The van der Waals surface area contributed by atoms with Gasteiger partial charge >= 0.3 is 0 Å². The molecule has 0 saturated carbocycles. The molecule has 0 aliphatic rings. The van der Waals surface area contributed by atoms with Gasteiger partial charge in [-0.05, 0) is 35.4 Å². The molecule has 1 unspecified atom stereocenters. The lowest BCUT2D eigenvalue weighted by atomic mass is 10.1. The highest BCUT2D eigenvalue weighted by Gasteiger charge is 2.19. The van der Waals surface area contributed by atoms with Crippen molar-refractivity contribution in [3.05, 3.63) is 58.1 Å². The van der Waals surface area contributed by atoms with Gasteiger partial charge in [0.15, 0.2) is 17.6 Å². The number of nitriles is 1. The second-order valence-electron chi connectivity index (χ2n) is 5.32. The summed E-state index contributed by atoms with van der Waals surface area (Å²) >= 11 is 5.85. The van der Waals surface area contributed by atoms with Crippen LogP contribution in [-0.2, 0) is 9.53 Å². The molecule has 0 bridgehead atoms. The summed E-state index contributed by atoms with van der Waals surface area (Å²) in [7, 11) is 4.35. The third kappa shape index (κ3) is 4.97. The van der Waals surface area contributed by atoms with Crippen molar-refractivity contribution >= 4 is 23.7 Å². The highest BCUT2D eigenvalue weighted by molar-refractivity contribution is 6.30. The van der Waals surface area contributed by atoms with Crippen molar-refractivity contribution in [1.82, 2.24) is 5.43 Å². The SMILES string of the molecule is COc1cc(/C=N/NC(=O)C(OC)c2ccc(Cl)cc2)cc(C#N)c1OC. The Morgan fingerprint density at radius 1 is 1.22 bits per heavy atom. The van der Waals surface area contributed by atoms with Gasteiger partial charge in [0, 0.05) is 12.1 Å². The monoisotopic (exact) mass is 387 g/mol. The van der Waals surface area contributed by atoms with Gasteiger partial charge in [-0.15, -0.1) is 0 Å². The molecule has 0 spiro atoms. The Bertz CT molecular complexity index is 876. The lowest BCUT2D eigenvalue weighted by molar-refractivity contribution is -0.131. The average Bonchev–Trinajstić information content (AvgIpc) is 2.69. The predicted octanol–water partition coefficient (Wildman–Crippen LogP) is 3.07. The van der Waals surface area contributed by atoms with Crippen LogP contribution in [0.1, 0.15) is 22.8 Å². The molecule has 0 aliphatic heterocycles. The first-order valence-corrected chi connectivity index (χ1v) is 8.19. The number of ether oxygens (including phenoxy) is 3. The lowest BCUT2D eigenvalue weighted by Crippen LogP contribution is -2.26.